The normalized spacial score (nSPS) is 22.0. The fourth-order valence-electron chi connectivity index (χ4n) is 5.16. The Balaban J connectivity index is 1.43. The van der Waals surface area contributed by atoms with Gasteiger partial charge in [-0.25, -0.2) is 0 Å². The van der Waals surface area contributed by atoms with E-state index >= 15 is 0 Å². The van der Waals surface area contributed by atoms with Gasteiger partial charge in [0.2, 0.25) is 0 Å². The molecule has 7 heteroatoms. The zero-order valence-electron chi connectivity index (χ0n) is 17.7. The third kappa shape index (κ3) is 3.61. The molecule has 7 nitrogen and oxygen atoms in total. The number of morpholine rings is 1. The molecule has 3 fully saturated rings. The molecule has 0 radical (unpaired) electrons. The van der Waals surface area contributed by atoms with Crippen LogP contribution in [0.15, 0.2) is 34.9 Å². The average molecular weight is 411 g/mol. The number of likely N-dealkylation sites (tertiary alicyclic amines) is 2. The van der Waals surface area contributed by atoms with Crippen molar-refractivity contribution in [3.05, 3.63) is 35.9 Å². The van der Waals surface area contributed by atoms with Gasteiger partial charge in [0.1, 0.15) is 5.56 Å². The quantitative estimate of drug-likeness (QED) is 0.775. The smallest absolute Gasteiger partial charge is 0.261 e. The van der Waals surface area contributed by atoms with Crippen LogP contribution in [0.1, 0.15) is 29.6 Å². The number of piperidine rings is 1. The summed E-state index contributed by atoms with van der Waals surface area (Å²) in [6.07, 6.45) is 3.39. The monoisotopic (exact) mass is 410 g/mol. The summed E-state index contributed by atoms with van der Waals surface area (Å²) in [7, 11) is 2.20. The molecule has 0 atom stereocenters. The topological polar surface area (TPSA) is 62.0 Å². The predicted molar refractivity (Wildman–Crippen MR) is 115 cm³/mol. The molecule has 0 bridgehead atoms. The van der Waals surface area contributed by atoms with Crippen molar-refractivity contribution < 1.29 is 14.1 Å². The van der Waals surface area contributed by atoms with Crippen molar-refractivity contribution in [2.45, 2.75) is 19.3 Å². The number of amides is 1. The molecular weight excluding hydrogens is 380 g/mol. The van der Waals surface area contributed by atoms with Crippen LogP contribution >= 0.6 is 0 Å². The molecule has 0 aliphatic carbocycles. The summed E-state index contributed by atoms with van der Waals surface area (Å²) in [4.78, 5) is 20.3. The summed E-state index contributed by atoms with van der Waals surface area (Å²) in [6, 6.07) is 9.83. The van der Waals surface area contributed by atoms with Crippen molar-refractivity contribution >= 4 is 11.7 Å². The number of anilines is 1. The first kappa shape index (κ1) is 19.6. The van der Waals surface area contributed by atoms with Crippen LogP contribution in [0.4, 0.5) is 5.82 Å². The Morgan fingerprint density at radius 2 is 1.70 bits per heavy atom. The number of carbonyl (C=O) groups is 1. The molecule has 5 rings (SSSR count). The summed E-state index contributed by atoms with van der Waals surface area (Å²) >= 11 is 0. The van der Waals surface area contributed by atoms with E-state index in [4.69, 9.17) is 9.26 Å². The van der Waals surface area contributed by atoms with E-state index in [0.29, 0.717) is 35.8 Å². The average Bonchev–Trinajstić information content (AvgIpc) is 3.39. The zero-order chi connectivity index (χ0) is 20.6. The third-order valence-electron chi connectivity index (χ3n) is 6.98. The molecule has 1 aromatic heterocycles. The van der Waals surface area contributed by atoms with E-state index in [2.05, 4.69) is 22.0 Å². The number of ether oxygens (including phenoxy) is 1. The summed E-state index contributed by atoms with van der Waals surface area (Å²) in [6.45, 7) is 6.63. The van der Waals surface area contributed by atoms with Crippen molar-refractivity contribution in [1.29, 1.82) is 0 Å². The van der Waals surface area contributed by atoms with Crippen molar-refractivity contribution in [3.8, 4) is 11.3 Å². The molecule has 4 heterocycles. The zero-order valence-corrected chi connectivity index (χ0v) is 17.7. The van der Waals surface area contributed by atoms with Crippen molar-refractivity contribution in [1.82, 2.24) is 15.0 Å². The van der Waals surface area contributed by atoms with E-state index in [0.717, 1.165) is 51.1 Å². The second kappa shape index (κ2) is 8.04. The van der Waals surface area contributed by atoms with E-state index in [9.17, 15) is 4.79 Å². The number of carbonyl (C=O) groups excluding carboxylic acids is 1. The summed E-state index contributed by atoms with van der Waals surface area (Å²) in [5.74, 6) is 1.27. The van der Waals surface area contributed by atoms with Crippen molar-refractivity contribution in [3.63, 3.8) is 0 Å². The number of benzene rings is 1. The molecule has 0 unspecified atom stereocenters. The molecule has 3 aliphatic heterocycles. The number of nitrogens with zero attached hydrogens (tertiary/aromatic N) is 4. The molecule has 1 aromatic carbocycles. The first-order valence-electron chi connectivity index (χ1n) is 11.0. The highest BCUT2D eigenvalue weighted by molar-refractivity contribution is 6.04. The summed E-state index contributed by atoms with van der Waals surface area (Å²) in [5, 5.41) is 4.35. The van der Waals surface area contributed by atoms with Gasteiger partial charge in [-0.2, -0.15) is 0 Å². The van der Waals surface area contributed by atoms with E-state index in [-0.39, 0.29) is 5.91 Å². The fourth-order valence-corrected chi connectivity index (χ4v) is 5.16. The Morgan fingerprint density at radius 3 is 2.37 bits per heavy atom. The highest BCUT2D eigenvalue weighted by Gasteiger charge is 2.41. The van der Waals surface area contributed by atoms with Crippen molar-refractivity contribution in [2.75, 3.05) is 64.4 Å². The van der Waals surface area contributed by atoms with Crippen LogP contribution < -0.4 is 4.90 Å². The highest BCUT2D eigenvalue weighted by atomic mass is 16.5. The lowest BCUT2D eigenvalue weighted by molar-refractivity contribution is 0.0594. The number of hydrogen-bond acceptors (Lipinski definition) is 6. The molecule has 1 spiro atoms. The predicted octanol–water partition coefficient (Wildman–Crippen LogP) is 2.74. The molecule has 3 aliphatic rings. The van der Waals surface area contributed by atoms with Gasteiger partial charge in [-0.3, -0.25) is 4.79 Å². The summed E-state index contributed by atoms with van der Waals surface area (Å²) < 4.78 is 11.3. The molecule has 160 valence electrons. The Kier molecular flexibility index (Phi) is 5.25. The van der Waals surface area contributed by atoms with E-state index in [1.54, 1.807) is 0 Å². The highest BCUT2D eigenvalue weighted by Crippen LogP contribution is 2.41. The number of aromatic nitrogens is 1. The van der Waals surface area contributed by atoms with E-state index in [1.165, 1.54) is 13.0 Å². The number of rotatable bonds is 3. The SMILES string of the molecule is CN1CCC2(CCN(C(=O)c3c(N4CCOCC4)noc3-c3ccccc3)CC2)C1. The standard InChI is InChI=1S/C23H30N4O3/c1-25-10-7-23(17-25)8-11-27(12-9-23)22(28)19-20(18-5-3-2-4-6-18)30-24-21(19)26-13-15-29-16-14-26/h2-6H,7-17H2,1H3. The van der Waals surface area contributed by atoms with Gasteiger partial charge in [-0.1, -0.05) is 35.5 Å². The van der Waals surface area contributed by atoms with Crippen LogP contribution in [-0.2, 0) is 4.74 Å². The largest absolute Gasteiger partial charge is 0.378 e. The maximum Gasteiger partial charge on any atom is 0.261 e. The minimum Gasteiger partial charge on any atom is -0.378 e. The van der Waals surface area contributed by atoms with Crippen LogP contribution in [0.3, 0.4) is 0 Å². The van der Waals surface area contributed by atoms with Gasteiger partial charge in [-0.05, 0) is 38.3 Å². The van der Waals surface area contributed by atoms with Gasteiger partial charge in [0.15, 0.2) is 11.6 Å². The summed E-state index contributed by atoms with van der Waals surface area (Å²) in [5.41, 5.74) is 1.87. The molecule has 0 N–H and O–H groups in total. The first-order chi connectivity index (χ1) is 14.7. The Hall–Kier alpha value is -2.38. The minimum atomic E-state index is 0.0396. The van der Waals surface area contributed by atoms with Gasteiger partial charge < -0.3 is 24.0 Å². The van der Waals surface area contributed by atoms with Gasteiger partial charge in [-0.15, -0.1) is 0 Å². The van der Waals surface area contributed by atoms with Crippen LogP contribution in [0, 0.1) is 5.41 Å². The Labute approximate surface area is 177 Å². The molecule has 1 amide bonds. The van der Waals surface area contributed by atoms with Gasteiger partial charge in [0, 0.05) is 38.3 Å². The maximum absolute atomic E-state index is 13.7. The van der Waals surface area contributed by atoms with Crippen LogP contribution in [0.25, 0.3) is 11.3 Å². The minimum absolute atomic E-state index is 0.0396. The molecule has 0 saturated carbocycles. The van der Waals surface area contributed by atoms with Gasteiger partial charge in [0.05, 0.1) is 13.2 Å². The van der Waals surface area contributed by atoms with Crippen LogP contribution in [-0.4, -0.2) is 80.4 Å². The second-order valence-corrected chi connectivity index (χ2v) is 8.96. The lowest BCUT2D eigenvalue weighted by Gasteiger charge is -2.39. The lowest BCUT2D eigenvalue weighted by Crippen LogP contribution is -2.45. The van der Waals surface area contributed by atoms with Crippen molar-refractivity contribution in [2.24, 2.45) is 5.41 Å². The number of hydrogen-bond donors (Lipinski definition) is 0. The van der Waals surface area contributed by atoms with Gasteiger partial charge in [0.25, 0.3) is 5.91 Å². The molecule has 30 heavy (non-hydrogen) atoms. The maximum atomic E-state index is 13.7. The first-order valence-corrected chi connectivity index (χ1v) is 11.0. The molecule has 3 saturated heterocycles. The van der Waals surface area contributed by atoms with Gasteiger partial charge >= 0.3 is 0 Å². The second-order valence-electron chi connectivity index (χ2n) is 8.96. The fraction of sp³-hybridized carbons (Fsp3) is 0.565. The Morgan fingerprint density at radius 1 is 1.00 bits per heavy atom. The van der Waals surface area contributed by atoms with Crippen LogP contribution in [0.5, 0.6) is 0 Å². The van der Waals surface area contributed by atoms with E-state index in [1.807, 2.05) is 35.2 Å². The molecule has 2 aromatic rings. The third-order valence-corrected chi connectivity index (χ3v) is 6.98. The van der Waals surface area contributed by atoms with E-state index < -0.39 is 0 Å². The Bertz CT molecular complexity index is 883. The lowest BCUT2D eigenvalue weighted by atomic mass is 9.77. The molecular formula is C23H30N4O3. The van der Waals surface area contributed by atoms with Crippen LogP contribution in [0.2, 0.25) is 0 Å².